The van der Waals surface area contributed by atoms with Crippen LogP contribution in [0, 0.1) is 0 Å². The summed E-state index contributed by atoms with van der Waals surface area (Å²) < 4.78 is 8.90. The van der Waals surface area contributed by atoms with Gasteiger partial charge in [-0.3, -0.25) is 0 Å². The summed E-state index contributed by atoms with van der Waals surface area (Å²) >= 11 is 0. The third kappa shape index (κ3) is 4.81. The van der Waals surface area contributed by atoms with Crippen molar-refractivity contribution in [1.82, 2.24) is 15.2 Å². The Bertz CT molecular complexity index is 2960. The number of aromatic nitrogens is 1. The predicted molar refractivity (Wildman–Crippen MR) is 221 cm³/mol. The van der Waals surface area contributed by atoms with E-state index in [9.17, 15) is 0 Å². The first-order chi connectivity index (χ1) is 26.8. The quantitative estimate of drug-likeness (QED) is 0.188. The molecule has 4 heterocycles. The van der Waals surface area contributed by atoms with Gasteiger partial charge in [-0.1, -0.05) is 133 Å². The number of para-hydroxylation sites is 2. The average molecular weight is 696 g/mol. The van der Waals surface area contributed by atoms with Crippen molar-refractivity contribution in [3.63, 3.8) is 0 Å². The Labute approximate surface area is 311 Å². The summed E-state index contributed by atoms with van der Waals surface area (Å²) in [7, 11) is 0. The van der Waals surface area contributed by atoms with Crippen molar-refractivity contribution >= 4 is 61.3 Å². The third-order valence-electron chi connectivity index (χ3n) is 10.7. The lowest BCUT2D eigenvalue weighted by Gasteiger charge is -2.25. The Morgan fingerprint density at radius 3 is 2.11 bits per heavy atom. The SMILES string of the molecule is C1=Cc2c(oc3ccc(-n4c5ccccc5c5ccccc54)c(C4=NC(c5ccccc5)NC(c5ccc(-c6cccc7ccccc67)cc5)=N4)c23)CN1. The Kier molecular flexibility index (Phi) is 6.89. The lowest BCUT2D eigenvalue weighted by atomic mass is 9.97. The van der Waals surface area contributed by atoms with Crippen molar-refractivity contribution in [2.45, 2.75) is 12.7 Å². The fraction of sp³-hybridized carbons (Fsp3) is 0.0417. The van der Waals surface area contributed by atoms with Gasteiger partial charge in [-0.05, 0) is 64.0 Å². The van der Waals surface area contributed by atoms with E-state index >= 15 is 0 Å². The number of hydrogen-bond acceptors (Lipinski definition) is 5. The van der Waals surface area contributed by atoms with Crippen molar-refractivity contribution in [2.75, 3.05) is 0 Å². The van der Waals surface area contributed by atoms with Crippen LogP contribution in [0.2, 0.25) is 0 Å². The summed E-state index contributed by atoms with van der Waals surface area (Å²) in [6.07, 6.45) is 3.74. The molecule has 2 N–H and O–H groups in total. The summed E-state index contributed by atoms with van der Waals surface area (Å²) in [5, 5.41) is 12.9. The van der Waals surface area contributed by atoms with Gasteiger partial charge in [0.15, 0.2) is 5.84 Å². The number of amidine groups is 2. The van der Waals surface area contributed by atoms with Crippen LogP contribution in [0.4, 0.5) is 0 Å². The van der Waals surface area contributed by atoms with Crippen molar-refractivity contribution in [1.29, 1.82) is 0 Å². The molecule has 2 aliphatic rings. The molecule has 0 radical (unpaired) electrons. The summed E-state index contributed by atoms with van der Waals surface area (Å²) in [4.78, 5) is 10.9. The van der Waals surface area contributed by atoms with E-state index in [2.05, 4.69) is 173 Å². The molecular weight excluding hydrogens is 663 g/mol. The minimum absolute atomic E-state index is 0.368. The molecule has 9 aromatic rings. The standard InChI is InChI=1S/C48H33N5O/c1-2-12-32(13-3-1)46-50-47(33-23-21-31(22-24-33)35-18-10-14-30-11-4-5-15-34(30)35)52-48(51-46)45-41(25-26-42-44(45)38-27-28-49-29-43(38)54-42)53-39-19-8-6-16-36(39)37-17-7-9-20-40(37)53/h1-28,46,49H,29H2,(H,50,51,52). The summed E-state index contributed by atoms with van der Waals surface area (Å²) in [5.41, 5.74) is 10.4. The summed E-state index contributed by atoms with van der Waals surface area (Å²) in [6, 6.07) is 55.6. The Morgan fingerprint density at radius 2 is 1.31 bits per heavy atom. The van der Waals surface area contributed by atoms with Crippen molar-refractivity contribution in [2.24, 2.45) is 9.98 Å². The number of rotatable bonds is 5. The van der Waals surface area contributed by atoms with Gasteiger partial charge in [-0.2, -0.15) is 0 Å². The lowest BCUT2D eigenvalue weighted by Crippen LogP contribution is -2.33. The average Bonchev–Trinajstić information content (AvgIpc) is 3.79. The molecule has 256 valence electrons. The molecule has 6 nitrogen and oxygen atoms in total. The highest BCUT2D eigenvalue weighted by Gasteiger charge is 2.29. The van der Waals surface area contributed by atoms with E-state index in [0.717, 1.165) is 67.1 Å². The molecule has 0 saturated carbocycles. The topological polar surface area (TPSA) is 66.8 Å². The van der Waals surface area contributed by atoms with E-state index in [0.29, 0.717) is 12.4 Å². The van der Waals surface area contributed by atoms with Gasteiger partial charge in [0.25, 0.3) is 0 Å². The molecule has 7 aromatic carbocycles. The van der Waals surface area contributed by atoms with Crippen molar-refractivity contribution in [3.8, 4) is 16.8 Å². The minimum Gasteiger partial charge on any atom is -0.459 e. The van der Waals surface area contributed by atoms with E-state index in [-0.39, 0.29) is 6.17 Å². The molecule has 2 aromatic heterocycles. The smallest absolute Gasteiger partial charge is 0.162 e. The van der Waals surface area contributed by atoms with Crippen LogP contribution >= 0.6 is 0 Å². The Hall–Kier alpha value is -7.18. The Morgan fingerprint density at radius 1 is 0.630 bits per heavy atom. The third-order valence-corrected chi connectivity index (χ3v) is 10.7. The maximum Gasteiger partial charge on any atom is 0.162 e. The predicted octanol–water partition coefficient (Wildman–Crippen LogP) is 10.9. The maximum absolute atomic E-state index is 6.54. The monoisotopic (exact) mass is 695 g/mol. The van der Waals surface area contributed by atoms with Crippen LogP contribution in [0.1, 0.15) is 34.2 Å². The van der Waals surface area contributed by atoms with Crippen LogP contribution in [0.25, 0.3) is 66.4 Å². The van der Waals surface area contributed by atoms with E-state index in [4.69, 9.17) is 14.4 Å². The van der Waals surface area contributed by atoms with Gasteiger partial charge < -0.3 is 19.6 Å². The molecule has 1 atom stereocenters. The maximum atomic E-state index is 6.54. The molecule has 0 fully saturated rings. The first kappa shape index (κ1) is 30.4. The molecular formula is C48H33N5O. The molecule has 0 saturated heterocycles. The largest absolute Gasteiger partial charge is 0.459 e. The van der Waals surface area contributed by atoms with E-state index in [1.807, 2.05) is 12.3 Å². The van der Waals surface area contributed by atoms with Gasteiger partial charge in [-0.15, -0.1) is 0 Å². The number of benzene rings is 7. The van der Waals surface area contributed by atoms with Crippen LogP contribution in [-0.2, 0) is 6.54 Å². The van der Waals surface area contributed by atoms with Gasteiger partial charge in [0.2, 0.25) is 0 Å². The van der Waals surface area contributed by atoms with Crippen LogP contribution < -0.4 is 10.6 Å². The molecule has 6 heteroatoms. The van der Waals surface area contributed by atoms with Crippen LogP contribution in [0.5, 0.6) is 0 Å². The fourth-order valence-corrected chi connectivity index (χ4v) is 8.25. The molecule has 0 aliphatic carbocycles. The van der Waals surface area contributed by atoms with Crippen molar-refractivity contribution in [3.05, 3.63) is 192 Å². The highest BCUT2D eigenvalue weighted by molar-refractivity contribution is 6.21. The number of fused-ring (bicyclic) bond motifs is 7. The minimum atomic E-state index is -0.368. The van der Waals surface area contributed by atoms with Crippen LogP contribution in [0.3, 0.4) is 0 Å². The normalized spacial score (nSPS) is 15.2. The second-order valence-electron chi connectivity index (χ2n) is 13.8. The zero-order valence-corrected chi connectivity index (χ0v) is 29.2. The van der Waals surface area contributed by atoms with E-state index < -0.39 is 0 Å². The molecule has 0 bridgehead atoms. The first-order valence-electron chi connectivity index (χ1n) is 18.3. The molecule has 54 heavy (non-hydrogen) atoms. The van der Waals surface area contributed by atoms with Gasteiger partial charge in [0.1, 0.15) is 23.3 Å². The number of furan rings is 1. The number of aliphatic imine (C=N–C) groups is 2. The molecule has 11 rings (SSSR count). The molecule has 1 unspecified atom stereocenters. The molecule has 0 amide bonds. The lowest BCUT2D eigenvalue weighted by molar-refractivity contribution is 0.532. The highest BCUT2D eigenvalue weighted by atomic mass is 16.3. The highest BCUT2D eigenvalue weighted by Crippen LogP contribution is 2.40. The van der Waals surface area contributed by atoms with Crippen LogP contribution in [0.15, 0.2) is 178 Å². The first-order valence-corrected chi connectivity index (χ1v) is 18.3. The van der Waals surface area contributed by atoms with Crippen LogP contribution in [-0.4, -0.2) is 16.2 Å². The van der Waals surface area contributed by atoms with Gasteiger partial charge in [0, 0.05) is 27.3 Å². The number of nitrogens with zero attached hydrogens (tertiary/aromatic N) is 3. The van der Waals surface area contributed by atoms with Gasteiger partial charge >= 0.3 is 0 Å². The number of nitrogens with one attached hydrogen (secondary N) is 2. The van der Waals surface area contributed by atoms with Crippen molar-refractivity contribution < 1.29 is 4.42 Å². The van der Waals surface area contributed by atoms with Gasteiger partial charge in [0.05, 0.1) is 28.8 Å². The summed E-state index contributed by atoms with van der Waals surface area (Å²) in [6.45, 7) is 0.614. The fourth-order valence-electron chi connectivity index (χ4n) is 8.25. The van der Waals surface area contributed by atoms with E-state index in [1.165, 1.54) is 27.1 Å². The zero-order valence-electron chi connectivity index (χ0n) is 29.2. The molecule has 2 aliphatic heterocycles. The Balaban J connectivity index is 1.15. The second-order valence-corrected chi connectivity index (χ2v) is 13.8. The van der Waals surface area contributed by atoms with Gasteiger partial charge in [-0.25, -0.2) is 9.98 Å². The summed E-state index contributed by atoms with van der Waals surface area (Å²) in [5.74, 6) is 2.31. The van der Waals surface area contributed by atoms with E-state index in [1.54, 1.807) is 0 Å². The number of hydrogen-bond donors (Lipinski definition) is 2. The molecule has 0 spiro atoms. The zero-order chi connectivity index (χ0) is 35.6. The second kappa shape index (κ2) is 12.2.